The summed E-state index contributed by atoms with van der Waals surface area (Å²) in [6.45, 7) is 9.97. The fourth-order valence-corrected chi connectivity index (χ4v) is 2.50. The normalized spacial score (nSPS) is 22.8. The molecule has 0 fully saturated rings. The summed E-state index contributed by atoms with van der Waals surface area (Å²) in [6.07, 6.45) is 6.91. The Hall–Kier alpha value is -0.890. The van der Waals surface area contributed by atoms with Gasteiger partial charge in [0.05, 0.1) is 0 Å². The van der Waals surface area contributed by atoms with Gasteiger partial charge in [-0.05, 0) is 37.0 Å². The number of rotatable bonds is 3. The van der Waals surface area contributed by atoms with E-state index in [1.165, 1.54) is 5.57 Å². The van der Waals surface area contributed by atoms with Gasteiger partial charge in [0.25, 0.3) is 0 Å². The molecule has 0 saturated carbocycles. The summed E-state index contributed by atoms with van der Waals surface area (Å²) in [5.41, 5.74) is 4.10. The fourth-order valence-electron chi connectivity index (χ4n) is 1.99. The van der Waals surface area contributed by atoms with E-state index in [1.807, 2.05) is 32.9 Å². The van der Waals surface area contributed by atoms with Crippen LogP contribution in [0.5, 0.6) is 0 Å². The maximum atomic E-state index is 11.9. The van der Waals surface area contributed by atoms with Gasteiger partial charge in [-0.1, -0.05) is 53.2 Å². The highest BCUT2D eigenvalue weighted by molar-refractivity contribution is 9.09. The standard InChI is InChI=1S/C15H19BrO/c1-10(7-8-16)5-6-14-11(2)9-12(3)15(17)13(14)4/h5-7,12H,2,8-9H2,1,3-4H3/b6-5+,10-7+. The molecule has 1 aliphatic carbocycles. The van der Waals surface area contributed by atoms with Gasteiger partial charge in [-0.3, -0.25) is 4.79 Å². The summed E-state index contributed by atoms with van der Waals surface area (Å²) in [5, 5.41) is 0.845. The molecule has 92 valence electrons. The predicted molar refractivity (Wildman–Crippen MR) is 77.3 cm³/mol. The highest BCUT2D eigenvalue weighted by Gasteiger charge is 2.24. The molecule has 0 aromatic rings. The van der Waals surface area contributed by atoms with Gasteiger partial charge in [0.2, 0.25) is 0 Å². The zero-order chi connectivity index (χ0) is 13.0. The average Bonchev–Trinajstić information content (AvgIpc) is 2.26. The summed E-state index contributed by atoms with van der Waals surface area (Å²) in [4.78, 5) is 11.9. The first-order valence-corrected chi connectivity index (χ1v) is 6.93. The Labute approximate surface area is 112 Å². The van der Waals surface area contributed by atoms with E-state index in [1.54, 1.807) is 0 Å². The van der Waals surface area contributed by atoms with Crippen LogP contribution < -0.4 is 0 Å². The largest absolute Gasteiger partial charge is 0.294 e. The van der Waals surface area contributed by atoms with Gasteiger partial charge in [0, 0.05) is 11.2 Å². The maximum Gasteiger partial charge on any atom is 0.162 e. The van der Waals surface area contributed by atoms with Crippen LogP contribution in [0.1, 0.15) is 27.2 Å². The lowest BCUT2D eigenvalue weighted by molar-refractivity contribution is -0.118. The molecule has 2 heteroatoms. The van der Waals surface area contributed by atoms with E-state index in [-0.39, 0.29) is 11.7 Å². The highest BCUT2D eigenvalue weighted by atomic mass is 79.9. The van der Waals surface area contributed by atoms with Crippen LogP contribution >= 0.6 is 15.9 Å². The van der Waals surface area contributed by atoms with Crippen molar-refractivity contribution < 1.29 is 4.79 Å². The maximum absolute atomic E-state index is 11.9. The van der Waals surface area contributed by atoms with Crippen LogP contribution in [0.2, 0.25) is 0 Å². The number of alkyl halides is 1. The van der Waals surface area contributed by atoms with E-state index < -0.39 is 0 Å². The van der Waals surface area contributed by atoms with Crippen molar-refractivity contribution >= 4 is 21.7 Å². The minimum absolute atomic E-state index is 0.0823. The first kappa shape index (κ1) is 14.2. The Balaban J connectivity index is 3.00. The van der Waals surface area contributed by atoms with E-state index >= 15 is 0 Å². The molecule has 0 aromatic heterocycles. The Bertz CT molecular complexity index is 424. The Morgan fingerprint density at radius 2 is 2.24 bits per heavy atom. The third-order valence-corrected chi connectivity index (χ3v) is 3.39. The first-order chi connectivity index (χ1) is 7.97. The number of halogens is 1. The van der Waals surface area contributed by atoms with Crippen LogP contribution in [0.4, 0.5) is 0 Å². The summed E-state index contributed by atoms with van der Waals surface area (Å²) in [5.74, 6) is 0.331. The molecule has 0 heterocycles. The molecule has 0 spiro atoms. The Morgan fingerprint density at radius 1 is 1.59 bits per heavy atom. The van der Waals surface area contributed by atoms with Crippen molar-refractivity contribution in [1.29, 1.82) is 0 Å². The van der Waals surface area contributed by atoms with Gasteiger partial charge in [0.1, 0.15) is 0 Å². The van der Waals surface area contributed by atoms with Crippen LogP contribution in [0.25, 0.3) is 0 Å². The summed E-state index contributed by atoms with van der Waals surface area (Å²) < 4.78 is 0. The van der Waals surface area contributed by atoms with E-state index in [2.05, 4.69) is 28.6 Å². The van der Waals surface area contributed by atoms with E-state index in [0.717, 1.165) is 28.5 Å². The Morgan fingerprint density at radius 3 is 2.82 bits per heavy atom. The van der Waals surface area contributed by atoms with Gasteiger partial charge in [0.15, 0.2) is 5.78 Å². The molecule has 0 amide bonds. The molecular weight excluding hydrogens is 276 g/mol. The van der Waals surface area contributed by atoms with Crippen molar-refractivity contribution in [3.8, 4) is 0 Å². The third-order valence-electron chi connectivity index (χ3n) is 3.07. The van der Waals surface area contributed by atoms with E-state index in [9.17, 15) is 4.79 Å². The highest BCUT2D eigenvalue weighted by Crippen LogP contribution is 2.30. The molecule has 0 N–H and O–H groups in total. The van der Waals surface area contributed by atoms with Crippen LogP contribution in [0.15, 0.2) is 47.1 Å². The smallest absolute Gasteiger partial charge is 0.162 e. The van der Waals surface area contributed by atoms with Crippen molar-refractivity contribution in [2.45, 2.75) is 27.2 Å². The van der Waals surface area contributed by atoms with Crippen LogP contribution in [-0.4, -0.2) is 11.1 Å². The fraction of sp³-hybridized carbons (Fsp3) is 0.400. The lowest BCUT2D eigenvalue weighted by Gasteiger charge is -2.22. The zero-order valence-corrected chi connectivity index (χ0v) is 12.3. The summed E-state index contributed by atoms with van der Waals surface area (Å²) in [7, 11) is 0. The first-order valence-electron chi connectivity index (χ1n) is 5.81. The third kappa shape index (κ3) is 3.53. The number of allylic oxidation sites excluding steroid dienone is 7. The molecular formula is C15H19BrO. The minimum atomic E-state index is 0.0823. The molecule has 0 saturated heterocycles. The van der Waals surface area contributed by atoms with Crippen molar-refractivity contribution in [2.75, 3.05) is 5.33 Å². The van der Waals surface area contributed by atoms with Crippen molar-refractivity contribution in [1.82, 2.24) is 0 Å². The van der Waals surface area contributed by atoms with Gasteiger partial charge < -0.3 is 0 Å². The van der Waals surface area contributed by atoms with Crippen LogP contribution in [0, 0.1) is 5.92 Å². The number of ketones is 1. The predicted octanol–water partition coefficient (Wildman–Crippen LogP) is 4.37. The average molecular weight is 295 g/mol. The second-order valence-corrected chi connectivity index (χ2v) is 5.19. The van der Waals surface area contributed by atoms with Crippen molar-refractivity contribution in [3.63, 3.8) is 0 Å². The van der Waals surface area contributed by atoms with Gasteiger partial charge in [-0.25, -0.2) is 0 Å². The van der Waals surface area contributed by atoms with Crippen molar-refractivity contribution in [2.24, 2.45) is 5.92 Å². The second kappa shape index (κ2) is 6.15. The van der Waals surface area contributed by atoms with Gasteiger partial charge in [-0.15, -0.1) is 0 Å². The number of carbonyl (C=O) groups is 1. The van der Waals surface area contributed by atoms with Crippen LogP contribution in [0.3, 0.4) is 0 Å². The monoisotopic (exact) mass is 294 g/mol. The molecule has 17 heavy (non-hydrogen) atoms. The summed E-state index contributed by atoms with van der Waals surface area (Å²) >= 11 is 3.36. The number of hydrogen-bond acceptors (Lipinski definition) is 1. The molecule has 0 aromatic carbocycles. The molecule has 1 unspecified atom stereocenters. The molecule has 0 radical (unpaired) electrons. The van der Waals surface area contributed by atoms with Gasteiger partial charge in [-0.2, -0.15) is 0 Å². The lowest BCUT2D eigenvalue weighted by atomic mass is 9.81. The molecule has 1 atom stereocenters. The second-order valence-electron chi connectivity index (χ2n) is 4.55. The van der Waals surface area contributed by atoms with Gasteiger partial charge >= 0.3 is 0 Å². The number of carbonyl (C=O) groups excluding carboxylic acids is 1. The molecule has 1 nitrogen and oxygen atoms in total. The quantitative estimate of drug-likeness (QED) is 0.558. The van der Waals surface area contributed by atoms with Crippen LogP contribution in [-0.2, 0) is 4.79 Å². The SMILES string of the molecule is C=C1CC(C)C(=O)C(C)=C1/C=C/C(C)=C/CBr. The topological polar surface area (TPSA) is 17.1 Å². The molecule has 0 bridgehead atoms. The van der Waals surface area contributed by atoms with Crippen molar-refractivity contribution in [3.05, 3.63) is 47.1 Å². The molecule has 0 aliphatic heterocycles. The van der Waals surface area contributed by atoms with E-state index in [0.29, 0.717) is 0 Å². The zero-order valence-electron chi connectivity index (χ0n) is 10.7. The minimum Gasteiger partial charge on any atom is -0.294 e. The molecule has 1 aliphatic rings. The molecule has 1 rings (SSSR count). The summed E-state index contributed by atoms with van der Waals surface area (Å²) in [6, 6.07) is 0. The number of Topliss-reactive ketones (excluding diaryl/α,β-unsaturated/α-hetero) is 1. The Kier molecular flexibility index (Phi) is 5.13. The lowest BCUT2D eigenvalue weighted by Crippen LogP contribution is -2.19. The number of hydrogen-bond donors (Lipinski definition) is 0. The van der Waals surface area contributed by atoms with E-state index in [4.69, 9.17) is 0 Å².